The van der Waals surface area contributed by atoms with Crippen molar-refractivity contribution in [1.82, 2.24) is 5.32 Å². The molecule has 1 N–H and O–H groups in total. The number of nitrogens with one attached hydrogen (secondary N) is 1. The zero-order valence-electron chi connectivity index (χ0n) is 16.3. The minimum Gasteiger partial charge on any atom is -0.491 e. The van der Waals surface area contributed by atoms with Gasteiger partial charge in [0.1, 0.15) is 18.2 Å². The van der Waals surface area contributed by atoms with Crippen molar-refractivity contribution in [2.24, 2.45) is 5.41 Å². The van der Waals surface area contributed by atoms with Crippen LogP contribution in [0.1, 0.15) is 64.4 Å². The highest BCUT2D eigenvalue weighted by Crippen LogP contribution is 2.35. The van der Waals surface area contributed by atoms with Gasteiger partial charge < -0.3 is 14.8 Å². The Morgan fingerprint density at radius 3 is 2.62 bits per heavy atom. The zero-order valence-corrected chi connectivity index (χ0v) is 16.3. The molecule has 1 fully saturated rings. The van der Waals surface area contributed by atoms with E-state index in [-0.39, 0.29) is 23.1 Å². The van der Waals surface area contributed by atoms with Gasteiger partial charge in [-0.25, -0.2) is 4.39 Å². The number of benzene rings is 1. The molecular formula is C21H32FNO3. The molecule has 0 bridgehead atoms. The SMILES string of the molecule is CC(C)c1ccc(F)cc1OCCOCCNC(=O)C1(C)CCCCC1. The van der Waals surface area contributed by atoms with E-state index in [4.69, 9.17) is 9.47 Å². The Bertz CT molecular complexity index is 583. The number of amides is 1. The fraction of sp³-hybridized carbons (Fsp3) is 0.667. The van der Waals surface area contributed by atoms with Crippen LogP contribution in [0, 0.1) is 11.2 Å². The summed E-state index contributed by atoms with van der Waals surface area (Å²) in [5.41, 5.74) is 0.769. The number of rotatable bonds is 9. The van der Waals surface area contributed by atoms with Gasteiger partial charge >= 0.3 is 0 Å². The topological polar surface area (TPSA) is 47.6 Å². The number of carbonyl (C=O) groups is 1. The molecule has 1 aromatic rings. The third-order valence-corrected chi connectivity index (χ3v) is 5.12. The summed E-state index contributed by atoms with van der Waals surface area (Å²) in [6.45, 7) is 7.87. The van der Waals surface area contributed by atoms with Gasteiger partial charge in [0.25, 0.3) is 0 Å². The zero-order chi connectivity index (χ0) is 19.0. The first kappa shape index (κ1) is 20.7. The van der Waals surface area contributed by atoms with Crippen molar-refractivity contribution in [2.45, 2.75) is 58.8 Å². The Morgan fingerprint density at radius 1 is 1.19 bits per heavy atom. The van der Waals surface area contributed by atoms with Gasteiger partial charge in [0.05, 0.1) is 13.2 Å². The maximum atomic E-state index is 13.4. The Hall–Kier alpha value is -1.62. The maximum Gasteiger partial charge on any atom is 0.226 e. The van der Waals surface area contributed by atoms with E-state index in [9.17, 15) is 9.18 Å². The highest BCUT2D eigenvalue weighted by Gasteiger charge is 2.33. The molecule has 2 rings (SSSR count). The van der Waals surface area contributed by atoms with Gasteiger partial charge in [-0.1, -0.05) is 46.1 Å². The molecule has 0 saturated heterocycles. The van der Waals surface area contributed by atoms with Crippen LogP contribution >= 0.6 is 0 Å². The van der Waals surface area contributed by atoms with Crippen LogP contribution in [-0.4, -0.2) is 32.3 Å². The third kappa shape index (κ3) is 5.97. The summed E-state index contributed by atoms with van der Waals surface area (Å²) < 4.78 is 24.6. The van der Waals surface area contributed by atoms with Crippen molar-refractivity contribution in [2.75, 3.05) is 26.4 Å². The fourth-order valence-electron chi connectivity index (χ4n) is 3.43. The predicted molar refractivity (Wildman–Crippen MR) is 101 cm³/mol. The first-order chi connectivity index (χ1) is 12.4. The van der Waals surface area contributed by atoms with Crippen molar-refractivity contribution in [1.29, 1.82) is 0 Å². The average molecular weight is 365 g/mol. The first-order valence-electron chi connectivity index (χ1n) is 9.71. The van der Waals surface area contributed by atoms with E-state index in [1.165, 1.54) is 18.6 Å². The molecule has 1 aromatic carbocycles. The molecule has 0 spiro atoms. The number of carbonyl (C=O) groups excluding carboxylic acids is 1. The average Bonchev–Trinajstić information content (AvgIpc) is 2.61. The van der Waals surface area contributed by atoms with Gasteiger partial charge in [-0.2, -0.15) is 0 Å². The van der Waals surface area contributed by atoms with Crippen LogP contribution in [0.2, 0.25) is 0 Å². The van der Waals surface area contributed by atoms with Crippen LogP contribution in [-0.2, 0) is 9.53 Å². The molecule has 1 amide bonds. The standard InChI is InChI=1S/C21H32FNO3/c1-16(2)18-8-7-17(22)15-19(18)26-14-13-25-12-11-23-20(24)21(3)9-5-4-6-10-21/h7-8,15-16H,4-6,9-14H2,1-3H3,(H,23,24). The highest BCUT2D eigenvalue weighted by atomic mass is 19.1. The Balaban J connectivity index is 1.63. The molecule has 5 heteroatoms. The summed E-state index contributed by atoms with van der Waals surface area (Å²) in [5, 5.41) is 2.98. The summed E-state index contributed by atoms with van der Waals surface area (Å²) in [4.78, 5) is 12.3. The van der Waals surface area contributed by atoms with E-state index in [2.05, 4.69) is 12.2 Å². The largest absolute Gasteiger partial charge is 0.491 e. The molecule has 0 aromatic heterocycles. The van der Waals surface area contributed by atoms with Gasteiger partial charge in [0.2, 0.25) is 5.91 Å². The lowest BCUT2D eigenvalue weighted by molar-refractivity contribution is -0.132. The van der Waals surface area contributed by atoms with Crippen molar-refractivity contribution >= 4 is 5.91 Å². The lowest BCUT2D eigenvalue weighted by Crippen LogP contribution is -2.41. The van der Waals surface area contributed by atoms with Gasteiger partial charge in [-0.15, -0.1) is 0 Å². The minimum absolute atomic E-state index is 0.137. The molecule has 1 saturated carbocycles. The molecule has 0 heterocycles. The molecule has 0 unspecified atom stereocenters. The van der Waals surface area contributed by atoms with E-state index >= 15 is 0 Å². The predicted octanol–water partition coefficient (Wildman–Crippen LogP) is 4.43. The van der Waals surface area contributed by atoms with Crippen molar-refractivity contribution in [3.8, 4) is 5.75 Å². The highest BCUT2D eigenvalue weighted by molar-refractivity contribution is 5.82. The molecule has 1 aliphatic rings. The minimum atomic E-state index is -0.302. The van der Waals surface area contributed by atoms with Crippen LogP contribution < -0.4 is 10.1 Å². The van der Waals surface area contributed by atoms with Crippen LogP contribution in [0.4, 0.5) is 4.39 Å². The number of halogens is 1. The fourth-order valence-corrected chi connectivity index (χ4v) is 3.43. The van der Waals surface area contributed by atoms with E-state index in [0.717, 1.165) is 31.2 Å². The second kappa shape index (κ2) is 9.91. The van der Waals surface area contributed by atoms with Crippen molar-refractivity contribution in [3.63, 3.8) is 0 Å². The van der Waals surface area contributed by atoms with Gasteiger partial charge in [0, 0.05) is 18.0 Å². The van der Waals surface area contributed by atoms with Crippen molar-refractivity contribution < 1.29 is 18.7 Å². The molecule has 146 valence electrons. The van der Waals surface area contributed by atoms with Crippen LogP contribution in [0.5, 0.6) is 5.75 Å². The Morgan fingerprint density at radius 2 is 1.92 bits per heavy atom. The molecular weight excluding hydrogens is 333 g/mol. The summed E-state index contributed by atoms with van der Waals surface area (Å²) in [6, 6.07) is 4.63. The van der Waals surface area contributed by atoms with E-state index in [1.54, 1.807) is 6.07 Å². The molecule has 1 aliphatic carbocycles. The molecule has 4 nitrogen and oxygen atoms in total. The molecule has 0 atom stereocenters. The normalized spacial score (nSPS) is 16.5. The summed E-state index contributed by atoms with van der Waals surface area (Å²) in [7, 11) is 0. The summed E-state index contributed by atoms with van der Waals surface area (Å²) in [6.07, 6.45) is 5.45. The first-order valence-corrected chi connectivity index (χ1v) is 9.71. The van der Waals surface area contributed by atoms with Gasteiger partial charge in [-0.3, -0.25) is 4.79 Å². The molecule has 26 heavy (non-hydrogen) atoms. The number of hydrogen-bond donors (Lipinski definition) is 1. The van der Waals surface area contributed by atoms with Crippen LogP contribution in [0.15, 0.2) is 18.2 Å². The second-order valence-electron chi connectivity index (χ2n) is 7.67. The maximum absolute atomic E-state index is 13.4. The molecule has 0 radical (unpaired) electrons. The lowest BCUT2D eigenvalue weighted by atomic mass is 9.75. The lowest BCUT2D eigenvalue weighted by Gasteiger charge is -2.31. The van der Waals surface area contributed by atoms with E-state index in [1.807, 2.05) is 13.8 Å². The van der Waals surface area contributed by atoms with Crippen LogP contribution in [0.25, 0.3) is 0 Å². The number of ether oxygens (including phenoxy) is 2. The van der Waals surface area contributed by atoms with Crippen LogP contribution in [0.3, 0.4) is 0 Å². The third-order valence-electron chi connectivity index (χ3n) is 5.12. The van der Waals surface area contributed by atoms with Gasteiger partial charge in [0.15, 0.2) is 0 Å². The molecule has 0 aliphatic heterocycles. The Kier molecular flexibility index (Phi) is 7.88. The summed E-state index contributed by atoms with van der Waals surface area (Å²) in [5.74, 6) is 0.674. The smallest absolute Gasteiger partial charge is 0.226 e. The van der Waals surface area contributed by atoms with E-state index in [0.29, 0.717) is 32.1 Å². The van der Waals surface area contributed by atoms with Gasteiger partial charge in [-0.05, 0) is 30.4 Å². The monoisotopic (exact) mass is 365 g/mol. The second-order valence-corrected chi connectivity index (χ2v) is 7.67. The van der Waals surface area contributed by atoms with Crippen molar-refractivity contribution in [3.05, 3.63) is 29.6 Å². The van der Waals surface area contributed by atoms with E-state index < -0.39 is 0 Å². The number of hydrogen-bond acceptors (Lipinski definition) is 3. The quantitative estimate of drug-likeness (QED) is 0.659. The summed E-state index contributed by atoms with van der Waals surface area (Å²) >= 11 is 0. The Labute approximate surface area is 156 Å².